The number of hydrogen-bond donors (Lipinski definition) is 1. The van der Waals surface area contributed by atoms with E-state index in [1.807, 2.05) is 0 Å². The van der Waals surface area contributed by atoms with Crippen molar-refractivity contribution < 1.29 is 87.8 Å². The van der Waals surface area contributed by atoms with E-state index in [4.69, 9.17) is 13.8 Å². The van der Waals surface area contributed by atoms with Gasteiger partial charge in [-0.1, -0.05) is 18.1 Å². The van der Waals surface area contributed by atoms with Gasteiger partial charge in [-0.15, -0.1) is 0 Å². The maximum Gasteiger partial charge on any atom is 1.00 e. The first-order valence-corrected chi connectivity index (χ1v) is 15.3. The minimum absolute atomic E-state index is 0. The number of alkyl halides is 3. The largest absolute Gasteiger partial charge is 1.00 e. The van der Waals surface area contributed by atoms with E-state index in [-0.39, 0.29) is 64.7 Å². The van der Waals surface area contributed by atoms with E-state index in [1.165, 1.54) is 18.2 Å². The normalized spacial score (nSPS) is 13.2. The third-order valence-corrected chi connectivity index (χ3v) is 7.53. The molecule has 20 heteroatoms. The van der Waals surface area contributed by atoms with Crippen molar-refractivity contribution in [1.82, 2.24) is 24.9 Å². The van der Waals surface area contributed by atoms with Crippen molar-refractivity contribution in [3.63, 3.8) is 0 Å². The van der Waals surface area contributed by atoms with Gasteiger partial charge >= 0.3 is 46.1 Å². The molecular formula is C29H23F5N5NaO8S. The average Bonchev–Trinajstić information content (AvgIpc) is 3.68. The van der Waals surface area contributed by atoms with E-state index in [9.17, 15) is 40.3 Å². The number of nitrogens with zero attached hydrogens (tertiary/aromatic N) is 5. The van der Waals surface area contributed by atoms with Crippen LogP contribution in [0.25, 0.3) is 34.0 Å². The minimum Gasteiger partial charge on any atom is -0.547 e. The van der Waals surface area contributed by atoms with Gasteiger partial charge < -0.3 is 19.2 Å². The van der Waals surface area contributed by atoms with Gasteiger partial charge in [0.1, 0.15) is 22.8 Å². The SMILES string of the molecule is CCCOc1ccc(-c2cc(C(CCCOS(=O)(=O)O)(C(=O)[O-])n3cc4nc(-c5cccc(F)c5F)nc-4cn3)on2)c(C(F)(F)F)c1.[Na+]. The number of rotatable bonds is 13. The Labute approximate surface area is 296 Å². The summed E-state index contributed by atoms with van der Waals surface area (Å²) >= 11 is 0. The number of halogens is 5. The zero-order chi connectivity index (χ0) is 34.9. The van der Waals surface area contributed by atoms with Crippen LogP contribution in [0.4, 0.5) is 22.0 Å². The molecule has 2 aliphatic rings. The fourth-order valence-electron chi connectivity index (χ4n) is 4.86. The Kier molecular flexibility index (Phi) is 11.5. The van der Waals surface area contributed by atoms with Gasteiger partial charge in [0.15, 0.2) is 28.8 Å². The summed E-state index contributed by atoms with van der Waals surface area (Å²) in [6.07, 6.45) is -3.37. The summed E-state index contributed by atoms with van der Waals surface area (Å²) in [7, 11) is -4.92. The second-order valence-electron chi connectivity index (χ2n) is 10.3. The zero-order valence-corrected chi connectivity index (χ0v) is 28.4. The number of carboxylic acid groups (broad SMARTS) is 1. The molecule has 0 fully saturated rings. The predicted octanol–water partition coefficient (Wildman–Crippen LogP) is 1.28. The Hall–Kier alpha value is -4.01. The molecule has 49 heavy (non-hydrogen) atoms. The molecule has 13 nitrogen and oxygen atoms in total. The molecule has 5 rings (SSSR count). The summed E-state index contributed by atoms with van der Waals surface area (Å²) in [6, 6.07) is 7.33. The molecule has 1 aromatic heterocycles. The van der Waals surface area contributed by atoms with Crippen LogP contribution in [0.3, 0.4) is 0 Å². The van der Waals surface area contributed by atoms with Gasteiger partial charge in [-0.05, 0) is 49.6 Å². The molecule has 0 spiro atoms. The Morgan fingerprint density at radius 1 is 1.04 bits per heavy atom. The van der Waals surface area contributed by atoms with E-state index in [0.717, 1.165) is 41.3 Å². The average molecular weight is 720 g/mol. The first-order chi connectivity index (χ1) is 22.6. The summed E-state index contributed by atoms with van der Waals surface area (Å²) in [4.78, 5) is 21.2. The number of aromatic nitrogens is 5. The number of hydrogen-bond acceptors (Lipinski definition) is 11. The summed E-state index contributed by atoms with van der Waals surface area (Å²) in [5.41, 5.74) is -4.99. The Balaban J connectivity index is 0.00000541. The predicted molar refractivity (Wildman–Crippen MR) is 151 cm³/mol. The number of carboxylic acids is 1. The van der Waals surface area contributed by atoms with Crippen molar-refractivity contribution in [1.29, 1.82) is 0 Å². The molecule has 2 aromatic carbocycles. The van der Waals surface area contributed by atoms with E-state index >= 15 is 0 Å². The Morgan fingerprint density at radius 3 is 2.45 bits per heavy atom. The maximum absolute atomic E-state index is 14.5. The first-order valence-electron chi connectivity index (χ1n) is 14.0. The van der Waals surface area contributed by atoms with Gasteiger partial charge in [-0.25, -0.2) is 22.9 Å². The molecule has 1 unspecified atom stereocenters. The van der Waals surface area contributed by atoms with Gasteiger partial charge in [0.2, 0.25) is 0 Å². The van der Waals surface area contributed by atoms with E-state index in [1.54, 1.807) is 6.92 Å². The monoisotopic (exact) mass is 719 g/mol. The second kappa shape index (κ2) is 14.9. The van der Waals surface area contributed by atoms with Gasteiger partial charge in [-0.2, -0.15) is 26.7 Å². The van der Waals surface area contributed by atoms with Crippen molar-refractivity contribution in [2.75, 3.05) is 13.2 Å². The first kappa shape index (κ1) is 37.8. The maximum atomic E-state index is 14.5. The summed E-state index contributed by atoms with van der Waals surface area (Å²) in [5, 5.41) is 20.7. The summed E-state index contributed by atoms with van der Waals surface area (Å²) in [5.74, 6) is -5.28. The molecule has 1 atom stereocenters. The van der Waals surface area contributed by atoms with Crippen LogP contribution in [0.2, 0.25) is 0 Å². The van der Waals surface area contributed by atoms with Gasteiger partial charge in [0.25, 0.3) is 0 Å². The number of carbonyl (C=O) groups is 1. The van der Waals surface area contributed by atoms with Crippen molar-refractivity contribution in [2.45, 2.75) is 37.9 Å². The van der Waals surface area contributed by atoms with Crippen LogP contribution in [0.1, 0.15) is 37.5 Å². The number of benzene rings is 2. The molecule has 3 aromatic rings. The third kappa shape index (κ3) is 8.08. The summed E-state index contributed by atoms with van der Waals surface area (Å²) < 4.78 is 117. The fraction of sp³-hybridized carbons (Fsp3) is 0.276. The molecule has 0 saturated heterocycles. The Bertz CT molecular complexity index is 2040. The molecule has 3 heterocycles. The van der Waals surface area contributed by atoms with Crippen LogP contribution >= 0.6 is 0 Å². The van der Waals surface area contributed by atoms with Crippen LogP contribution in [-0.4, -0.2) is 57.1 Å². The van der Waals surface area contributed by atoms with Crippen LogP contribution in [0, 0.1) is 11.6 Å². The summed E-state index contributed by atoms with van der Waals surface area (Å²) in [6.45, 7) is 1.18. The van der Waals surface area contributed by atoms with Crippen molar-refractivity contribution >= 4 is 16.4 Å². The number of fused-ring (bicyclic) bond motifs is 1. The second-order valence-corrected chi connectivity index (χ2v) is 11.4. The van der Waals surface area contributed by atoms with Crippen molar-refractivity contribution in [3.8, 4) is 39.8 Å². The van der Waals surface area contributed by atoms with Crippen LogP contribution in [0.15, 0.2) is 59.4 Å². The van der Waals surface area contributed by atoms with Gasteiger partial charge in [-0.3, -0.25) is 9.23 Å². The van der Waals surface area contributed by atoms with E-state index < -0.39 is 81.7 Å². The molecule has 0 radical (unpaired) electrons. The number of carbonyl (C=O) groups excluding carboxylic acids is 1. The van der Waals surface area contributed by atoms with Crippen molar-refractivity contribution in [3.05, 3.63) is 77.8 Å². The van der Waals surface area contributed by atoms with Crippen molar-refractivity contribution in [2.24, 2.45) is 0 Å². The molecule has 0 aliphatic carbocycles. The quantitative estimate of drug-likeness (QED) is 0.0798. The number of imidazole rings is 1. The molecule has 2 aliphatic heterocycles. The molecule has 1 N–H and O–H groups in total. The van der Waals surface area contributed by atoms with Gasteiger partial charge in [0.05, 0.1) is 42.7 Å². The van der Waals surface area contributed by atoms with E-state index in [0.29, 0.717) is 6.42 Å². The minimum atomic E-state index is -4.92. The standard InChI is InChI=1S/C29H24F5N5O8S.Na/c1-2-10-45-16-7-8-17(19(12-16)29(32,33)34)21-13-24(47-38-21)28(27(40)41,9-4-11-46-48(42,43)44)39-15-23-22(14-35-39)36-26(37-23)18-5-3-6-20(30)25(18)31;/h3,5-8,12-15H,2,4,9-11H2,1H3,(H,40,41)(H,42,43,44);/q;+1/p-1. The topological polar surface area (TPSA) is 183 Å². The smallest absolute Gasteiger partial charge is 0.547 e. The fourth-order valence-corrected chi connectivity index (χ4v) is 5.19. The molecule has 0 saturated carbocycles. The number of aliphatic carboxylic acids is 1. The molecule has 0 bridgehead atoms. The Morgan fingerprint density at radius 2 is 1.78 bits per heavy atom. The van der Waals surface area contributed by atoms with E-state index in [2.05, 4.69) is 24.4 Å². The zero-order valence-electron chi connectivity index (χ0n) is 25.6. The van der Waals surface area contributed by atoms with Gasteiger partial charge in [0, 0.05) is 11.6 Å². The third-order valence-electron chi connectivity index (χ3n) is 7.06. The molecule has 0 amide bonds. The molecule has 254 valence electrons. The number of ether oxygens (including phenoxy) is 1. The van der Waals surface area contributed by atoms with Crippen LogP contribution in [0.5, 0.6) is 5.75 Å². The van der Waals surface area contributed by atoms with Crippen LogP contribution < -0.4 is 39.4 Å². The molecular weight excluding hydrogens is 696 g/mol. The van der Waals surface area contributed by atoms with Crippen LogP contribution in [-0.2, 0) is 31.1 Å².